The van der Waals surface area contributed by atoms with Crippen LogP contribution >= 0.6 is 0 Å². The number of hydrogen-bond donors (Lipinski definition) is 12. The summed E-state index contributed by atoms with van der Waals surface area (Å²) in [7, 11) is 0. The van der Waals surface area contributed by atoms with Crippen LogP contribution in [0.5, 0.6) is 0 Å². The van der Waals surface area contributed by atoms with Crippen LogP contribution in [-0.2, 0) is 78.5 Å². The van der Waals surface area contributed by atoms with Gasteiger partial charge >= 0.3 is 0 Å². The highest BCUT2D eigenvalue weighted by Crippen LogP contribution is 2.46. The van der Waals surface area contributed by atoms with E-state index in [0.717, 1.165) is 174 Å². The maximum atomic E-state index is 10.6. The van der Waals surface area contributed by atoms with Crippen LogP contribution in [0.3, 0.4) is 0 Å². The topological polar surface area (TPSA) is 256 Å². The third-order valence-electron chi connectivity index (χ3n) is 22.1. The fraction of sp³-hybridized carbons (Fsp3) is 0.684. The number of fused-ring (bicyclic) bond motifs is 12. The van der Waals surface area contributed by atoms with Gasteiger partial charge in [0.2, 0.25) is 0 Å². The predicted molar refractivity (Wildman–Crippen MR) is 359 cm³/mol. The summed E-state index contributed by atoms with van der Waals surface area (Å²) >= 11 is 0. The molecule has 0 aliphatic carbocycles. The van der Waals surface area contributed by atoms with Gasteiger partial charge in [0.1, 0.15) is 0 Å². The van der Waals surface area contributed by atoms with Crippen molar-refractivity contribution in [1.82, 2.24) is 19.6 Å². The maximum Gasteiger partial charge on any atom is 0.0685 e. The molecule has 4 fully saturated rings. The van der Waals surface area contributed by atoms with Crippen LogP contribution in [0.2, 0.25) is 0 Å². The van der Waals surface area contributed by atoms with Gasteiger partial charge in [-0.3, -0.25) is 19.6 Å². The van der Waals surface area contributed by atoms with Gasteiger partial charge in [0.15, 0.2) is 0 Å². The third-order valence-corrected chi connectivity index (χ3v) is 22.1. The van der Waals surface area contributed by atoms with E-state index in [4.69, 9.17) is 0 Å². The first-order chi connectivity index (χ1) is 44.1. The van der Waals surface area contributed by atoms with E-state index in [0.29, 0.717) is 47.3 Å². The molecular formula is C76H116N4O12. The van der Waals surface area contributed by atoms with Crippen molar-refractivity contribution in [2.45, 2.75) is 234 Å². The third kappa shape index (κ3) is 17.0. The van der Waals surface area contributed by atoms with E-state index in [1.807, 2.05) is 48.5 Å². The number of rotatable bonds is 16. The zero-order valence-corrected chi connectivity index (χ0v) is 56.8. The van der Waals surface area contributed by atoms with Gasteiger partial charge in [-0.25, -0.2) is 0 Å². The van der Waals surface area contributed by atoms with Crippen LogP contribution in [0.1, 0.15) is 220 Å². The number of piperidine rings is 4. The fourth-order valence-corrected chi connectivity index (χ4v) is 17.5. The number of aliphatic hydroxyl groups is 12. The summed E-state index contributed by atoms with van der Waals surface area (Å²) in [6.07, 6.45) is 10.3. The minimum absolute atomic E-state index is 0.0311. The molecule has 0 aromatic heterocycles. The Bertz CT molecular complexity index is 2630. The lowest BCUT2D eigenvalue weighted by molar-refractivity contribution is -0.0192. The molecule has 4 aromatic rings. The van der Waals surface area contributed by atoms with Crippen LogP contribution in [0.4, 0.5) is 0 Å². The molecule has 12 N–H and O–H groups in total. The Morgan fingerprint density at radius 1 is 0.293 bits per heavy atom. The second kappa shape index (κ2) is 33.0. The molecule has 0 saturated carbocycles. The number of benzene rings is 4. The van der Waals surface area contributed by atoms with Crippen molar-refractivity contribution in [1.29, 1.82) is 0 Å². The zero-order chi connectivity index (χ0) is 66.2. The lowest BCUT2D eigenvalue weighted by Gasteiger charge is -2.46. The van der Waals surface area contributed by atoms with E-state index in [1.165, 1.54) is 44.5 Å². The second-order valence-corrected chi connectivity index (χ2v) is 30.4. The summed E-state index contributed by atoms with van der Waals surface area (Å²) in [5, 5.41) is 119. The zero-order valence-electron chi connectivity index (χ0n) is 56.8. The molecule has 8 heterocycles. The SMILES string of the molecule is CC(C)C[C@@H]1CN2CCc3cc(CO)c(CO)cc3[C@H]2C[C@@H]1O.CC(C)C[C@@H]1CN2CCc3cc(CO)c(CO)cc3[C@H]2C[C@H]1O.CC(C)C[C@H]1CN2CCc3cc(CO)c(CO)cc3[C@@H]2C[C@@H]1O.CC(C)C[C@H]1CN2CCc3cc(CO)c(CO)cc3[C@@H]2C[C@H]1O. The Balaban J connectivity index is 0.000000145. The van der Waals surface area contributed by atoms with Crippen LogP contribution in [0.15, 0.2) is 48.5 Å². The molecular weight excluding hydrogens is 1160 g/mol. The molecule has 16 heteroatoms. The average molecular weight is 1280 g/mol. The van der Waals surface area contributed by atoms with Crippen molar-refractivity contribution in [2.75, 3.05) is 52.4 Å². The highest BCUT2D eigenvalue weighted by Gasteiger charge is 2.43. The number of hydrogen-bond acceptors (Lipinski definition) is 16. The van der Waals surface area contributed by atoms with E-state index in [9.17, 15) is 61.3 Å². The van der Waals surface area contributed by atoms with Crippen LogP contribution < -0.4 is 0 Å². The summed E-state index contributed by atoms with van der Waals surface area (Å²) < 4.78 is 0. The summed E-state index contributed by atoms with van der Waals surface area (Å²) in [4.78, 5) is 10.0. The van der Waals surface area contributed by atoms with E-state index in [1.54, 1.807) is 0 Å². The van der Waals surface area contributed by atoms with Crippen molar-refractivity contribution in [3.8, 4) is 0 Å². The second-order valence-electron chi connectivity index (χ2n) is 30.4. The van der Waals surface area contributed by atoms with Crippen molar-refractivity contribution < 1.29 is 61.3 Å². The highest BCUT2D eigenvalue weighted by atomic mass is 16.3. The largest absolute Gasteiger partial charge is 0.393 e. The quantitative estimate of drug-likeness (QED) is 0.0508. The van der Waals surface area contributed by atoms with Crippen LogP contribution in [0.25, 0.3) is 0 Å². The Morgan fingerprint density at radius 2 is 0.467 bits per heavy atom. The molecule has 12 rings (SSSR count). The molecule has 0 bridgehead atoms. The van der Waals surface area contributed by atoms with Gasteiger partial charge in [-0.1, -0.05) is 104 Å². The molecule has 0 unspecified atom stereocenters. The van der Waals surface area contributed by atoms with E-state index in [-0.39, 0.29) is 101 Å². The molecule has 0 spiro atoms. The minimum Gasteiger partial charge on any atom is -0.393 e. The van der Waals surface area contributed by atoms with Crippen LogP contribution in [-0.4, -0.2) is 158 Å². The lowest BCUT2D eigenvalue weighted by atomic mass is 9.78. The highest BCUT2D eigenvalue weighted by molar-refractivity contribution is 5.45. The first-order valence-corrected chi connectivity index (χ1v) is 35.3. The Morgan fingerprint density at radius 3 is 0.630 bits per heavy atom. The first-order valence-electron chi connectivity index (χ1n) is 35.3. The first kappa shape index (κ1) is 72.5. The Hall–Kier alpha value is -3.76. The molecule has 0 radical (unpaired) electrons. The normalized spacial score (nSPS) is 27.8. The van der Waals surface area contributed by atoms with Gasteiger partial charge in [-0.05, 0) is 213 Å². The molecule has 92 heavy (non-hydrogen) atoms. The van der Waals surface area contributed by atoms with Gasteiger partial charge in [-0.2, -0.15) is 0 Å². The Kier molecular flexibility index (Phi) is 26.0. The van der Waals surface area contributed by atoms with E-state index >= 15 is 0 Å². The predicted octanol–water partition coefficient (Wildman–Crippen LogP) is 7.99. The van der Waals surface area contributed by atoms with Crippen molar-refractivity contribution in [2.24, 2.45) is 47.3 Å². The van der Waals surface area contributed by atoms with Gasteiger partial charge in [0, 0.05) is 76.5 Å². The molecule has 12 atom stereocenters. The van der Waals surface area contributed by atoms with Crippen molar-refractivity contribution in [3.63, 3.8) is 0 Å². The summed E-state index contributed by atoms with van der Waals surface area (Å²) in [5.41, 5.74) is 16.6. The van der Waals surface area contributed by atoms with Crippen molar-refractivity contribution >= 4 is 0 Å². The molecule has 4 saturated heterocycles. The monoisotopic (exact) mass is 1280 g/mol. The van der Waals surface area contributed by atoms with Crippen molar-refractivity contribution in [3.05, 3.63) is 138 Å². The molecule has 8 aliphatic heterocycles. The Labute approximate surface area is 549 Å². The fourth-order valence-electron chi connectivity index (χ4n) is 17.5. The van der Waals surface area contributed by atoms with E-state index in [2.05, 4.69) is 75.0 Å². The maximum absolute atomic E-state index is 10.6. The van der Waals surface area contributed by atoms with Gasteiger partial charge in [0.25, 0.3) is 0 Å². The molecule has 8 aliphatic rings. The van der Waals surface area contributed by atoms with E-state index < -0.39 is 0 Å². The standard InChI is InChI=1S/4C19H29NO3/c4*1-12(2)5-14-9-20-4-3-13-6-15(10-21)16(11-22)7-17(13)18(20)8-19(14)23/h4*6-7,12,14,18-19,21-23H,3-5,8-11H2,1-2H3/t2*14-,18-,19+;2*14-,18-,19-/m1010/s1. The summed E-state index contributed by atoms with van der Waals surface area (Å²) in [5.74, 6) is 3.88. The van der Waals surface area contributed by atoms with Gasteiger partial charge < -0.3 is 61.3 Å². The lowest BCUT2D eigenvalue weighted by Crippen LogP contribution is -2.48. The number of aliphatic hydroxyl groups excluding tert-OH is 12. The van der Waals surface area contributed by atoms with Gasteiger partial charge in [0.05, 0.1) is 77.3 Å². The molecule has 0 amide bonds. The summed E-state index contributed by atoms with van der Waals surface area (Å²) in [6, 6.07) is 17.4. The smallest absolute Gasteiger partial charge is 0.0685 e. The summed E-state index contributed by atoms with van der Waals surface area (Å²) in [6.45, 7) is 25.3. The molecule has 512 valence electrons. The average Bonchev–Trinajstić information content (AvgIpc) is 0.860. The minimum atomic E-state index is -0.250. The molecule has 16 nitrogen and oxygen atoms in total. The number of nitrogens with zero attached hydrogens (tertiary/aromatic N) is 4. The van der Waals surface area contributed by atoms with Crippen LogP contribution in [0, 0.1) is 47.3 Å². The van der Waals surface area contributed by atoms with Gasteiger partial charge in [-0.15, -0.1) is 0 Å². The molecule has 4 aromatic carbocycles.